The number of hydrogen-bond donors (Lipinski definition) is 0. The average molecular weight is 246 g/mol. The quantitative estimate of drug-likeness (QED) is 0.671. The minimum Gasteiger partial charge on any atom is -0.252 e. The SMILES string of the molecule is Cc1ccc(C)c2c(Cl)c3c(nc12)CCCC3. The molecule has 1 aromatic carbocycles. The van der Waals surface area contributed by atoms with Gasteiger partial charge in [0.15, 0.2) is 0 Å². The number of fused-ring (bicyclic) bond motifs is 2. The molecule has 0 radical (unpaired) electrons. The minimum absolute atomic E-state index is 0.950. The van der Waals surface area contributed by atoms with E-state index in [1.807, 2.05) is 0 Å². The maximum absolute atomic E-state index is 6.60. The lowest BCUT2D eigenvalue weighted by Gasteiger charge is -2.19. The topological polar surface area (TPSA) is 12.9 Å². The van der Waals surface area contributed by atoms with Crippen LogP contribution in [0, 0.1) is 13.8 Å². The summed E-state index contributed by atoms with van der Waals surface area (Å²) in [4.78, 5) is 4.85. The van der Waals surface area contributed by atoms with Crippen molar-refractivity contribution in [1.82, 2.24) is 4.98 Å². The summed E-state index contributed by atoms with van der Waals surface area (Å²) in [5, 5.41) is 2.11. The normalized spacial score (nSPS) is 15.0. The van der Waals surface area contributed by atoms with E-state index < -0.39 is 0 Å². The maximum Gasteiger partial charge on any atom is 0.0752 e. The van der Waals surface area contributed by atoms with Gasteiger partial charge in [0, 0.05) is 11.1 Å². The van der Waals surface area contributed by atoms with E-state index in [2.05, 4.69) is 26.0 Å². The van der Waals surface area contributed by atoms with Gasteiger partial charge >= 0.3 is 0 Å². The van der Waals surface area contributed by atoms with Gasteiger partial charge in [-0.1, -0.05) is 23.7 Å². The zero-order valence-corrected chi connectivity index (χ0v) is 11.1. The van der Waals surface area contributed by atoms with Crippen LogP contribution in [-0.4, -0.2) is 4.98 Å². The van der Waals surface area contributed by atoms with Gasteiger partial charge in [0.2, 0.25) is 0 Å². The highest BCUT2D eigenvalue weighted by atomic mass is 35.5. The van der Waals surface area contributed by atoms with Gasteiger partial charge in [-0.25, -0.2) is 0 Å². The number of benzene rings is 1. The monoisotopic (exact) mass is 245 g/mol. The standard InChI is InChI=1S/C15H16ClN/c1-9-7-8-10(2)15-13(9)14(16)11-5-3-4-6-12(11)17-15/h7-8H,3-6H2,1-2H3. The van der Waals surface area contributed by atoms with E-state index in [0.29, 0.717) is 0 Å². The molecule has 0 saturated heterocycles. The summed E-state index contributed by atoms with van der Waals surface area (Å²) in [6.07, 6.45) is 4.65. The summed E-state index contributed by atoms with van der Waals surface area (Å²) in [6, 6.07) is 4.27. The van der Waals surface area contributed by atoms with Gasteiger partial charge in [-0.2, -0.15) is 0 Å². The summed E-state index contributed by atoms with van der Waals surface area (Å²) in [5.74, 6) is 0. The summed E-state index contributed by atoms with van der Waals surface area (Å²) < 4.78 is 0. The number of nitrogens with zero attached hydrogens (tertiary/aromatic N) is 1. The molecule has 3 rings (SSSR count). The Kier molecular flexibility index (Phi) is 2.59. The zero-order chi connectivity index (χ0) is 12.0. The van der Waals surface area contributed by atoms with Gasteiger partial charge in [-0.3, -0.25) is 4.98 Å². The van der Waals surface area contributed by atoms with Crippen LogP contribution in [0.25, 0.3) is 10.9 Å². The second kappa shape index (κ2) is 3.99. The Morgan fingerprint density at radius 3 is 2.59 bits per heavy atom. The molecule has 0 spiro atoms. The van der Waals surface area contributed by atoms with E-state index in [4.69, 9.17) is 16.6 Å². The Morgan fingerprint density at radius 1 is 1.06 bits per heavy atom. The molecule has 0 N–H and O–H groups in total. The molecule has 17 heavy (non-hydrogen) atoms. The molecule has 0 saturated carbocycles. The number of pyridine rings is 1. The van der Waals surface area contributed by atoms with Crippen molar-refractivity contribution in [3.63, 3.8) is 0 Å². The van der Waals surface area contributed by atoms with E-state index in [-0.39, 0.29) is 0 Å². The molecule has 2 heteroatoms. The van der Waals surface area contributed by atoms with Crippen molar-refractivity contribution >= 4 is 22.5 Å². The van der Waals surface area contributed by atoms with Crippen molar-refractivity contribution in [3.8, 4) is 0 Å². The zero-order valence-electron chi connectivity index (χ0n) is 10.3. The number of rotatable bonds is 0. The van der Waals surface area contributed by atoms with Gasteiger partial charge < -0.3 is 0 Å². The fraction of sp³-hybridized carbons (Fsp3) is 0.400. The predicted octanol–water partition coefficient (Wildman–Crippen LogP) is 4.38. The third kappa shape index (κ3) is 1.64. The van der Waals surface area contributed by atoms with Gasteiger partial charge in [-0.05, 0) is 56.2 Å². The molecule has 0 aliphatic heterocycles. The number of aryl methyl sites for hydroxylation is 3. The second-order valence-corrected chi connectivity index (χ2v) is 5.36. The lowest BCUT2D eigenvalue weighted by Crippen LogP contribution is -2.07. The van der Waals surface area contributed by atoms with Crippen molar-refractivity contribution in [3.05, 3.63) is 39.5 Å². The van der Waals surface area contributed by atoms with Crippen LogP contribution < -0.4 is 0 Å². The molecule has 88 valence electrons. The molecule has 2 aromatic rings. The molecule has 1 heterocycles. The van der Waals surface area contributed by atoms with Gasteiger partial charge in [0.05, 0.1) is 10.5 Å². The molecule has 0 unspecified atom stereocenters. The van der Waals surface area contributed by atoms with Crippen LogP contribution in [-0.2, 0) is 12.8 Å². The highest BCUT2D eigenvalue weighted by Crippen LogP contribution is 2.35. The van der Waals surface area contributed by atoms with Crippen LogP contribution in [0.3, 0.4) is 0 Å². The smallest absolute Gasteiger partial charge is 0.0752 e. The molecule has 0 atom stereocenters. The molecule has 1 aliphatic rings. The Labute approximate surface area is 107 Å². The molecule has 0 fully saturated rings. The van der Waals surface area contributed by atoms with Crippen molar-refractivity contribution in [2.45, 2.75) is 39.5 Å². The van der Waals surface area contributed by atoms with E-state index in [1.165, 1.54) is 35.2 Å². The summed E-state index contributed by atoms with van der Waals surface area (Å²) in [5.41, 5.74) is 6.06. The Morgan fingerprint density at radius 2 is 1.76 bits per heavy atom. The van der Waals surface area contributed by atoms with Crippen LogP contribution in [0.2, 0.25) is 5.02 Å². The Balaban J connectivity index is 2.44. The molecule has 0 bridgehead atoms. The summed E-state index contributed by atoms with van der Waals surface area (Å²) >= 11 is 6.60. The molecule has 1 aliphatic carbocycles. The second-order valence-electron chi connectivity index (χ2n) is 4.98. The number of hydrogen-bond acceptors (Lipinski definition) is 1. The first kappa shape index (κ1) is 11.0. The first-order valence-electron chi connectivity index (χ1n) is 6.25. The van der Waals surface area contributed by atoms with Gasteiger partial charge in [0.1, 0.15) is 0 Å². The van der Waals surface area contributed by atoms with E-state index in [9.17, 15) is 0 Å². The summed E-state index contributed by atoms with van der Waals surface area (Å²) in [7, 11) is 0. The maximum atomic E-state index is 6.60. The number of halogens is 1. The fourth-order valence-electron chi connectivity index (χ4n) is 2.75. The van der Waals surface area contributed by atoms with Crippen LogP contribution in [0.5, 0.6) is 0 Å². The highest BCUT2D eigenvalue weighted by molar-refractivity contribution is 6.36. The predicted molar refractivity (Wildman–Crippen MR) is 72.9 cm³/mol. The van der Waals surface area contributed by atoms with Gasteiger partial charge in [-0.15, -0.1) is 0 Å². The minimum atomic E-state index is 0.950. The van der Waals surface area contributed by atoms with Crippen molar-refractivity contribution in [1.29, 1.82) is 0 Å². The third-order valence-electron chi connectivity index (χ3n) is 3.76. The van der Waals surface area contributed by atoms with E-state index in [1.54, 1.807) is 0 Å². The van der Waals surface area contributed by atoms with E-state index in [0.717, 1.165) is 28.8 Å². The molecule has 1 nitrogen and oxygen atoms in total. The van der Waals surface area contributed by atoms with Crippen molar-refractivity contribution in [2.75, 3.05) is 0 Å². The fourth-order valence-corrected chi connectivity index (χ4v) is 3.19. The number of aromatic nitrogens is 1. The molecular formula is C15H16ClN. The van der Waals surface area contributed by atoms with Crippen LogP contribution >= 0.6 is 11.6 Å². The van der Waals surface area contributed by atoms with Crippen molar-refractivity contribution in [2.24, 2.45) is 0 Å². The lowest BCUT2D eigenvalue weighted by molar-refractivity contribution is 0.671. The van der Waals surface area contributed by atoms with Crippen LogP contribution in [0.1, 0.15) is 35.2 Å². The third-order valence-corrected chi connectivity index (χ3v) is 4.18. The Hall–Kier alpha value is -1.08. The Bertz CT molecular complexity index is 602. The van der Waals surface area contributed by atoms with Crippen LogP contribution in [0.15, 0.2) is 12.1 Å². The molecule has 1 aromatic heterocycles. The van der Waals surface area contributed by atoms with Crippen LogP contribution in [0.4, 0.5) is 0 Å². The lowest BCUT2D eigenvalue weighted by atomic mass is 9.93. The molecule has 0 amide bonds. The average Bonchev–Trinajstić information content (AvgIpc) is 2.34. The van der Waals surface area contributed by atoms with Gasteiger partial charge in [0.25, 0.3) is 0 Å². The first-order valence-corrected chi connectivity index (χ1v) is 6.63. The largest absolute Gasteiger partial charge is 0.252 e. The summed E-state index contributed by atoms with van der Waals surface area (Å²) in [6.45, 7) is 4.23. The molecular weight excluding hydrogens is 230 g/mol. The van der Waals surface area contributed by atoms with E-state index >= 15 is 0 Å². The van der Waals surface area contributed by atoms with Crippen molar-refractivity contribution < 1.29 is 0 Å². The highest BCUT2D eigenvalue weighted by Gasteiger charge is 2.18. The first-order chi connectivity index (χ1) is 8.18.